The Balaban J connectivity index is 1.71. The normalized spacial score (nSPS) is 10.5. The van der Waals surface area contributed by atoms with Crippen molar-refractivity contribution in [3.8, 4) is 0 Å². The van der Waals surface area contributed by atoms with Crippen LogP contribution in [0.25, 0.3) is 10.8 Å². The number of benzene rings is 2. The second-order valence-electron chi connectivity index (χ2n) is 5.97. The molecule has 1 aromatic heterocycles. The number of aromatic carboxylic acids is 1. The highest BCUT2D eigenvalue weighted by Gasteiger charge is 2.17. The fourth-order valence-electron chi connectivity index (χ4n) is 2.63. The van der Waals surface area contributed by atoms with Gasteiger partial charge < -0.3 is 15.7 Å². The van der Waals surface area contributed by atoms with E-state index in [1.807, 2.05) is 0 Å². The average Bonchev–Trinajstić information content (AvgIpc) is 2.70. The fraction of sp³-hybridized carbons (Fsp3) is 0.105. The van der Waals surface area contributed by atoms with Crippen molar-refractivity contribution in [2.75, 3.05) is 11.9 Å². The number of halogens is 1. The van der Waals surface area contributed by atoms with Crippen LogP contribution in [0.2, 0.25) is 0 Å². The van der Waals surface area contributed by atoms with Gasteiger partial charge in [0.05, 0.1) is 17.6 Å². The van der Waals surface area contributed by atoms with Crippen LogP contribution in [0, 0.1) is 0 Å². The van der Waals surface area contributed by atoms with Gasteiger partial charge in [-0.05, 0) is 34.1 Å². The van der Waals surface area contributed by atoms with Gasteiger partial charge in [-0.25, -0.2) is 9.48 Å². The van der Waals surface area contributed by atoms with Crippen LogP contribution < -0.4 is 16.2 Å². The molecule has 2 amide bonds. The molecule has 148 valence electrons. The summed E-state index contributed by atoms with van der Waals surface area (Å²) in [5, 5.41) is 18.5. The molecule has 0 atom stereocenters. The van der Waals surface area contributed by atoms with Crippen LogP contribution >= 0.6 is 15.9 Å². The molecule has 3 rings (SSSR count). The first-order chi connectivity index (χ1) is 13.9. The first-order valence-electron chi connectivity index (χ1n) is 8.41. The van der Waals surface area contributed by atoms with Crippen LogP contribution in [0.15, 0.2) is 57.8 Å². The molecule has 10 heteroatoms. The molecule has 0 radical (unpaired) electrons. The lowest BCUT2D eigenvalue weighted by Gasteiger charge is -2.10. The zero-order chi connectivity index (χ0) is 21.0. The van der Waals surface area contributed by atoms with E-state index >= 15 is 0 Å². The van der Waals surface area contributed by atoms with Crippen molar-refractivity contribution >= 4 is 50.2 Å². The molecule has 0 spiro atoms. The van der Waals surface area contributed by atoms with E-state index in [1.165, 1.54) is 12.1 Å². The molecule has 0 saturated heterocycles. The number of fused-ring (bicyclic) bond motifs is 1. The quantitative estimate of drug-likeness (QED) is 0.514. The van der Waals surface area contributed by atoms with Gasteiger partial charge in [-0.15, -0.1) is 0 Å². The van der Waals surface area contributed by atoms with Crippen LogP contribution in [-0.2, 0) is 16.1 Å². The molecule has 29 heavy (non-hydrogen) atoms. The molecule has 0 aliphatic carbocycles. The minimum atomic E-state index is -1.32. The van der Waals surface area contributed by atoms with Crippen molar-refractivity contribution in [1.29, 1.82) is 0 Å². The average molecular weight is 459 g/mol. The molecule has 0 fully saturated rings. The number of carbonyl (C=O) groups excluding carboxylic acids is 2. The fourth-order valence-corrected chi connectivity index (χ4v) is 3.01. The maximum atomic E-state index is 12.5. The predicted octanol–water partition coefficient (Wildman–Crippen LogP) is 1.61. The summed E-state index contributed by atoms with van der Waals surface area (Å²) in [4.78, 5) is 48.1. The number of rotatable bonds is 6. The number of anilines is 1. The molecule has 0 aliphatic heterocycles. The lowest BCUT2D eigenvalue weighted by molar-refractivity contribution is -0.124. The lowest BCUT2D eigenvalue weighted by Crippen LogP contribution is -2.38. The molecule has 0 saturated carbocycles. The monoisotopic (exact) mass is 458 g/mol. The van der Waals surface area contributed by atoms with Gasteiger partial charge in [0.15, 0.2) is 5.69 Å². The van der Waals surface area contributed by atoms with Crippen molar-refractivity contribution in [3.63, 3.8) is 0 Å². The highest BCUT2D eigenvalue weighted by molar-refractivity contribution is 9.10. The predicted molar refractivity (Wildman–Crippen MR) is 109 cm³/mol. The third kappa shape index (κ3) is 4.66. The summed E-state index contributed by atoms with van der Waals surface area (Å²) in [6.07, 6.45) is 0. The molecule has 0 unspecified atom stereocenters. The van der Waals surface area contributed by atoms with Crippen LogP contribution in [0.4, 0.5) is 5.69 Å². The van der Waals surface area contributed by atoms with Gasteiger partial charge in [0.2, 0.25) is 11.8 Å². The zero-order valence-electron chi connectivity index (χ0n) is 14.9. The number of nitrogens with zero attached hydrogens (tertiary/aromatic N) is 2. The van der Waals surface area contributed by atoms with Crippen LogP contribution in [0.1, 0.15) is 10.5 Å². The minimum absolute atomic E-state index is 0.138. The molecule has 0 aliphatic rings. The number of nitrogens with one attached hydrogen (secondary N) is 2. The van der Waals surface area contributed by atoms with Gasteiger partial charge in [-0.1, -0.05) is 30.3 Å². The van der Waals surface area contributed by atoms with E-state index < -0.39 is 29.9 Å². The Morgan fingerprint density at radius 2 is 1.66 bits per heavy atom. The third-order valence-electron chi connectivity index (χ3n) is 3.96. The summed E-state index contributed by atoms with van der Waals surface area (Å²) in [6.45, 7) is -0.847. The first kappa shape index (κ1) is 20.2. The van der Waals surface area contributed by atoms with Crippen molar-refractivity contribution in [1.82, 2.24) is 15.1 Å². The Morgan fingerprint density at radius 1 is 1.00 bits per heavy atom. The summed E-state index contributed by atoms with van der Waals surface area (Å²) >= 11 is 3.30. The van der Waals surface area contributed by atoms with Crippen molar-refractivity contribution in [3.05, 3.63) is 69.1 Å². The van der Waals surface area contributed by atoms with Crippen molar-refractivity contribution in [2.24, 2.45) is 0 Å². The number of hydrogen-bond acceptors (Lipinski definition) is 5. The van der Waals surface area contributed by atoms with Gasteiger partial charge >= 0.3 is 5.97 Å². The smallest absolute Gasteiger partial charge is 0.357 e. The van der Waals surface area contributed by atoms with E-state index in [0.717, 1.165) is 4.68 Å². The number of carbonyl (C=O) groups is 3. The molecule has 3 aromatic rings. The summed E-state index contributed by atoms with van der Waals surface area (Å²) in [5.74, 6) is -2.44. The molecule has 2 aromatic carbocycles. The minimum Gasteiger partial charge on any atom is -0.476 e. The number of para-hydroxylation sites is 1. The van der Waals surface area contributed by atoms with Gasteiger partial charge in [0, 0.05) is 9.86 Å². The maximum absolute atomic E-state index is 12.5. The van der Waals surface area contributed by atoms with Gasteiger partial charge in [-0.3, -0.25) is 14.4 Å². The Kier molecular flexibility index (Phi) is 6.03. The summed E-state index contributed by atoms with van der Waals surface area (Å²) in [6, 6.07) is 13.1. The van der Waals surface area contributed by atoms with Crippen molar-refractivity contribution < 1.29 is 19.5 Å². The molecule has 0 bridgehead atoms. The molecule has 9 nitrogen and oxygen atoms in total. The van der Waals surface area contributed by atoms with E-state index in [0.29, 0.717) is 10.2 Å². The molecule has 3 N–H and O–H groups in total. The number of carboxylic acid groups (broad SMARTS) is 1. The van der Waals surface area contributed by atoms with Crippen LogP contribution in [0.5, 0.6) is 0 Å². The molecular weight excluding hydrogens is 444 g/mol. The van der Waals surface area contributed by atoms with E-state index in [9.17, 15) is 24.3 Å². The number of hydrogen-bond donors (Lipinski definition) is 3. The largest absolute Gasteiger partial charge is 0.476 e. The number of aromatic nitrogens is 2. The second kappa shape index (κ2) is 8.65. The highest BCUT2D eigenvalue weighted by Crippen LogP contribution is 2.20. The Labute approximate surface area is 172 Å². The summed E-state index contributed by atoms with van der Waals surface area (Å²) in [5.41, 5.74) is -0.386. The number of amides is 2. The number of carboxylic acids is 1. The van der Waals surface area contributed by atoms with E-state index in [2.05, 4.69) is 31.7 Å². The molecule has 1 heterocycles. The Morgan fingerprint density at radius 3 is 2.34 bits per heavy atom. The second-order valence-corrected chi connectivity index (χ2v) is 6.82. The van der Waals surface area contributed by atoms with Crippen LogP contribution in [0.3, 0.4) is 0 Å². The summed E-state index contributed by atoms with van der Waals surface area (Å²) < 4.78 is 1.46. The van der Waals surface area contributed by atoms with E-state index in [4.69, 9.17) is 0 Å². The molecular formula is C19H15BrN4O5. The Bertz CT molecular complexity index is 1170. The third-order valence-corrected chi connectivity index (χ3v) is 4.65. The van der Waals surface area contributed by atoms with Crippen LogP contribution in [-0.4, -0.2) is 39.2 Å². The lowest BCUT2D eigenvalue weighted by atomic mass is 10.1. The van der Waals surface area contributed by atoms with E-state index in [1.54, 1.807) is 36.4 Å². The van der Waals surface area contributed by atoms with E-state index in [-0.39, 0.29) is 23.0 Å². The first-order valence-corrected chi connectivity index (χ1v) is 9.20. The zero-order valence-corrected chi connectivity index (χ0v) is 16.5. The van der Waals surface area contributed by atoms with Gasteiger partial charge in [-0.2, -0.15) is 5.10 Å². The van der Waals surface area contributed by atoms with Crippen molar-refractivity contribution in [2.45, 2.75) is 6.54 Å². The Hall–Kier alpha value is -3.53. The van der Waals surface area contributed by atoms with Gasteiger partial charge in [0.1, 0.15) is 6.54 Å². The standard InChI is InChI=1S/C19H15BrN4O5/c20-13-7-3-4-8-14(13)22-15(25)9-21-16(26)10-24-18(27)12-6-2-1-5-11(12)17(23-24)19(28)29/h1-8H,9-10H2,(H,21,26)(H,22,25)(H,28,29). The topological polar surface area (TPSA) is 130 Å². The summed E-state index contributed by atoms with van der Waals surface area (Å²) in [7, 11) is 0. The van der Waals surface area contributed by atoms with Gasteiger partial charge in [0.25, 0.3) is 5.56 Å². The SMILES string of the molecule is O=C(Cn1nc(C(=O)O)c2ccccc2c1=O)NCC(=O)Nc1ccccc1Br. The highest BCUT2D eigenvalue weighted by atomic mass is 79.9. The maximum Gasteiger partial charge on any atom is 0.357 e.